The number of benzene rings is 1. The Hall–Kier alpha value is -1.02. The van der Waals surface area contributed by atoms with Crippen molar-refractivity contribution in [3.63, 3.8) is 0 Å². The van der Waals surface area contributed by atoms with Crippen molar-refractivity contribution in [2.45, 2.75) is 18.2 Å². The molecule has 0 saturated carbocycles. The number of ether oxygens (including phenoxy) is 1. The van der Waals surface area contributed by atoms with Crippen LogP contribution >= 0.6 is 23.2 Å². The van der Waals surface area contributed by atoms with Crippen molar-refractivity contribution in [3.8, 4) is 0 Å². The summed E-state index contributed by atoms with van der Waals surface area (Å²) in [6, 6.07) is 2.61. The number of nitrogen functional groups attached to an aromatic ring is 1. The van der Waals surface area contributed by atoms with Crippen LogP contribution in [0.2, 0.25) is 10.0 Å². The Morgan fingerprint density at radius 3 is 2.33 bits per heavy atom. The normalized spacial score (nSPS) is 11.7. The molecule has 2 N–H and O–H groups in total. The Balaban J connectivity index is 2.98. The second-order valence-corrected chi connectivity index (χ2v) is 6.99. The molecule has 0 unspecified atom stereocenters. The minimum absolute atomic E-state index is 0.0435. The molecular formula is C12H16Cl2N2O4S. The summed E-state index contributed by atoms with van der Waals surface area (Å²) in [5.41, 5.74) is 5.80. The van der Waals surface area contributed by atoms with Gasteiger partial charge in [-0.2, -0.15) is 0 Å². The van der Waals surface area contributed by atoms with E-state index < -0.39 is 16.0 Å². The molecule has 6 nitrogen and oxygen atoms in total. The van der Waals surface area contributed by atoms with Gasteiger partial charge in [0.2, 0.25) is 10.0 Å². The summed E-state index contributed by atoms with van der Waals surface area (Å²) in [5, 5.41) is -0.133. The van der Waals surface area contributed by atoms with Gasteiger partial charge in [0.15, 0.2) is 0 Å². The van der Waals surface area contributed by atoms with Gasteiger partial charge in [-0.15, -0.1) is 0 Å². The van der Waals surface area contributed by atoms with Crippen LogP contribution < -0.4 is 5.73 Å². The minimum Gasteiger partial charge on any atom is -0.466 e. The highest BCUT2D eigenvalue weighted by atomic mass is 35.5. The van der Waals surface area contributed by atoms with Crippen molar-refractivity contribution in [2.24, 2.45) is 0 Å². The van der Waals surface area contributed by atoms with Gasteiger partial charge in [-0.25, -0.2) is 12.7 Å². The molecule has 0 aliphatic rings. The zero-order chi connectivity index (χ0) is 16.2. The third kappa shape index (κ3) is 4.47. The van der Waals surface area contributed by atoms with E-state index in [1.165, 1.54) is 19.2 Å². The number of sulfonamides is 1. The van der Waals surface area contributed by atoms with Crippen molar-refractivity contribution in [2.75, 3.05) is 25.9 Å². The maximum Gasteiger partial charge on any atom is 0.307 e. The third-order valence-electron chi connectivity index (χ3n) is 2.63. The Bertz CT molecular complexity index is 611. The first-order valence-electron chi connectivity index (χ1n) is 6.06. The molecule has 1 aromatic carbocycles. The molecule has 0 amide bonds. The van der Waals surface area contributed by atoms with Gasteiger partial charge in [0.05, 0.1) is 23.1 Å². The molecule has 21 heavy (non-hydrogen) atoms. The number of esters is 1. The molecule has 0 aliphatic carbocycles. The first-order valence-corrected chi connectivity index (χ1v) is 8.26. The monoisotopic (exact) mass is 354 g/mol. The molecule has 0 saturated heterocycles. The van der Waals surface area contributed by atoms with Gasteiger partial charge < -0.3 is 10.5 Å². The fourth-order valence-corrected chi connectivity index (χ4v) is 3.93. The van der Waals surface area contributed by atoms with Crippen LogP contribution in [0.4, 0.5) is 5.69 Å². The fourth-order valence-electron chi connectivity index (χ4n) is 1.58. The van der Waals surface area contributed by atoms with Gasteiger partial charge in [0, 0.05) is 19.3 Å². The lowest BCUT2D eigenvalue weighted by molar-refractivity contribution is -0.143. The number of anilines is 1. The van der Waals surface area contributed by atoms with Gasteiger partial charge in [-0.1, -0.05) is 23.2 Å². The highest BCUT2D eigenvalue weighted by Gasteiger charge is 2.27. The molecule has 0 heterocycles. The van der Waals surface area contributed by atoms with Gasteiger partial charge in [0.25, 0.3) is 0 Å². The number of carbonyl (C=O) groups excluding carboxylic acids is 1. The van der Waals surface area contributed by atoms with Crippen LogP contribution in [0.5, 0.6) is 0 Å². The molecule has 0 aromatic heterocycles. The molecule has 1 rings (SSSR count). The second kappa shape index (κ2) is 7.31. The molecule has 0 aliphatic heterocycles. The lowest BCUT2D eigenvalue weighted by Gasteiger charge is -2.18. The van der Waals surface area contributed by atoms with Gasteiger partial charge in [-0.05, 0) is 19.1 Å². The van der Waals surface area contributed by atoms with Gasteiger partial charge in [0.1, 0.15) is 4.90 Å². The van der Waals surface area contributed by atoms with E-state index in [0.29, 0.717) is 0 Å². The Morgan fingerprint density at radius 2 is 1.86 bits per heavy atom. The fraction of sp³-hybridized carbons (Fsp3) is 0.417. The Labute approximate surface area is 133 Å². The number of nitrogens with two attached hydrogens (primary N) is 1. The van der Waals surface area contributed by atoms with Crippen molar-refractivity contribution in [1.29, 1.82) is 0 Å². The Morgan fingerprint density at radius 1 is 1.33 bits per heavy atom. The number of hydrogen-bond donors (Lipinski definition) is 1. The van der Waals surface area contributed by atoms with E-state index in [4.69, 9.17) is 33.7 Å². The summed E-state index contributed by atoms with van der Waals surface area (Å²) in [7, 11) is -2.59. The SMILES string of the molecule is CCOC(=O)CCN(C)S(=O)(=O)c1c(Cl)cc(N)cc1Cl. The molecule has 0 bridgehead atoms. The first kappa shape index (κ1) is 18.0. The highest BCUT2D eigenvalue weighted by molar-refractivity contribution is 7.89. The predicted octanol–water partition coefficient (Wildman–Crippen LogP) is 2.15. The zero-order valence-corrected chi connectivity index (χ0v) is 13.9. The van der Waals surface area contributed by atoms with E-state index in [9.17, 15) is 13.2 Å². The average Bonchev–Trinajstić information content (AvgIpc) is 2.34. The summed E-state index contributed by atoms with van der Waals surface area (Å²) < 4.78 is 30.6. The summed E-state index contributed by atoms with van der Waals surface area (Å²) in [6.45, 7) is 1.87. The van der Waals surface area contributed by atoms with Crippen molar-refractivity contribution < 1.29 is 17.9 Å². The smallest absolute Gasteiger partial charge is 0.307 e. The van der Waals surface area contributed by atoms with Crippen LogP contribution in [0, 0.1) is 0 Å². The van der Waals surface area contributed by atoms with E-state index in [1.807, 2.05) is 0 Å². The van der Waals surface area contributed by atoms with E-state index in [-0.39, 0.29) is 40.2 Å². The highest BCUT2D eigenvalue weighted by Crippen LogP contribution is 2.33. The average molecular weight is 355 g/mol. The summed E-state index contributed by atoms with van der Waals surface area (Å²) >= 11 is 11.8. The molecule has 118 valence electrons. The molecule has 9 heteroatoms. The number of nitrogens with zero attached hydrogens (tertiary/aromatic N) is 1. The van der Waals surface area contributed by atoms with Crippen LogP contribution in [-0.4, -0.2) is 38.9 Å². The van der Waals surface area contributed by atoms with Crippen LogP contribution in [0.15, 0.2) is 17.0 Å². The number of carbonyl (C=O) groups is 1. The number of rotatable bonds is 6. The van der Waals surface area contributed by atoms with E-state index >= 15 is 0 Å². The van der Waals surface area contributed by atoms with Crippen LogP contribution in [0.3, 0.4) is 0 Å². The van der Waals surface area contributed by atoms with Gasteiger partial charge in [-0.3, -0.25) is 4.79 Å². The second-order valence-electron chi connectivity index (χ2n) is 4.20. The maximum atomic E-state index is 12.4. The van der Waals surface area contributed by atoms with Gasteiger partial charge >= 0.3 is 5.97 Å². The zero-order valence-electron chi connectivity index (χ0n) is 11.6. The topological polar surface area (TPSA) is 89.7 Å². The molecule has 0 spiro atoms. The van der Waals surface area contributed by atoms with Crippen LogP contribution in [0.25, 0.3) is 0 Å². The summed E-state index contributed by atoms with van der Waals surface area (Å²) in [4.78, 5) is 11.0. The largest absolute Gasteiger partial charge is 0.466 e. The summed E-state index contributed by atoms with van der Waals surface area (Å²) in [6.07, 6.45) is -0.0617. The lowest BCUT2D eigenvalue weighted by Crippen LogP contribution is -2.30. The molecule has 0 fully saturated rings. The number of hydrogen-bond acceptors (Lipinski definition) is 5. The Kier molecular flexibility index (Phi) is 6.27. The first-order chi connectivity index (χ1) is 9.70. The molecular weight excluding hydrogens is 339 g/mol. The predicted molar refractivity (Wildman–Crippen MR) is 81.9 cm³/mol. The van der Waals surface area contributed by atoms with Crippen molar-refractivity contribution in [3.05, 3.63) is 22.2 Å². The third-order valence-corrected chi connectivity index (χ3v) is 5.40. The molecule has 1 aromatic rings. The van der Waals surface area contributed by atoms with E-state index in [0.717, 1.165) is 4.31 Å². The number of halogens is 2. The van der Waals surface area contributed by atoms with E-state index in [2.05, 4.69) is 0 Å². The van der Waals surface area contributed by atoms with Crippen molar-refractivity contribution >= 4 is 44.9 Å². The van der Waals surface area contributed by atoms with Crippen LogP contribution in [-0.2, 0) is 19.6 Å². The molecule has 0 atom stereocenters. The standard InChI is InChI=1S/C12H16Cl2N2O4S/c1-3-20-11(17)4-5-16(2)21(18,19)12-9(13)6-8(15)7-10(12)14/h6-7H,3-5,15H2,1-2H3. The van der Waals surface area contributed by atoms with Crippen LogP contribution in [0.1, 0.15) is 13.3 Å². The lowest BCUT2D eigenvalue weighted by atomic mass is 10.3. The van der Waals surface area contributed by atoms with Crippen molar-refractivity contribution in [1.82, 2.24) is 4.31 Å². The van der Waals surface area contributed by atoms with E-state index in [1.54, 1.807) is 6.92 Å². The summed E-state index contributed by atoms with van der Waals surface area (Å²) in [5.74, 6) is -0.478. The maximum absolute atomic E-state index is 12.4. The quantitative estimate of drug-likeness (QED) is 0.624. The minimum atomic E-state index is -3.92. The molecule has 0 radical (unpaired) electrons.